The highest BCUT2D eigenvalue weighted by Gasteiger charge is 2.33. The van der Waals surface area contributed by atoms with Gasteiger partial charge in [-0.05, 0) is 32.8 Å². The Morgan fingerprint density at radius 2 is 2.12 bits per heavy atom. The van der Waals surface area contributed by atoms with Crippen LogP contribution >= 0.6 is 0 Å². The molecule has 1 N–H and O–H groups in total. The van der Waals surface area contributed by atoms with Gasteiger partial charge in [0.15, 0.2) is 0 Å². The Labute approximate surface area is 97.5 Å². The van der Waals surface area contributed by atoms with Crippen molar-refractivity contribution in [2.45, 2.75) is 45.8 Å². The summed E-state index contributed by atoms with van der Waals surface area (Å²) in [7, 11) is 0. The standard InChI is InChI=1S/C13H21NO2/c1-5-13(4,16-6-2)12(15)11-7-10(3)8-14-9-11/h7-9,12,15H,5-6H2,1-4H3. The quantitative estimate of drug-likeness (QED) is 0.834. The van der Waals surface area contributed by atoms with Crippen molar-refractivity contribution in [3.8, 4) is 0 Å². The van der Waals surface area contributed by atoms with Gasteiger partial charge < -0.3 is 9.84 Å². The Hall–Kier alpha value is -0.930. The third kappa shape index (κ3) is 2.80. The summed E-state index contributed by atoms with van der Waals surface area (Å²) in [6.45, 7) is 8.45. The van der Waals surface area contributed by atoms with E-state index in [9.17, 15) is 5.11 Å². The Morgan fingerprint density at radius 1 is 1.44 bits per heavy atom. The molecule has 3 heteroatoms. The van der Waals surface area contributed by atoms with Gasteiger partial charge in [-0.25, -0.2) is 0 Å². The summed E-state index contributed by atoms with van der Waals surface area (Å²) >= 11 is 0. The van der Waals surface area contributed by atoms with Gasteiger partial charge in [-0.2, -0.15) is 0 Å². The van der Waals surface area contributed by atoms with Gasteiger partial charge >= 0.3 is 0 Å². The molecule has 0 aliphatic heterocycles. The first-order valence-electron chi connectivity index (χ1n) is 5.77. The first-order chi connectivity index (χ1) is 7.53. The molecule has 0 aliphatic carbocycles. The average Bonchev–Trinajstić information content (AvgIpc) is 2.28. The number of rotatable bonds is 5. The first-order valence-corrected chi connectivity index (χ1v) is 5.77. The molecule has 0 bridgehead atoms. The van der Waals surface area contributed by atoms with E-state index in [0.717, 1.165) is 17.5 Å². The molecule has 1 rings (SSSR count). The zero-order valence-electron chi connectivity index (χ0n) is 10.5. The van der Waals surface area contributed by atoms with Crippen LogP contribution in [0, 0.1) is 6.92 Å². The first kappa shape index (κ1) is 13.1. The maximum Gasteiger partial charge on any atom is 0.109 e. The molecule has 2 unspecified atom stereocenters. The van der Waals surface area contributed by atoms with Gasteiger partial charge in [0.25, 0.3) is 0 Å². The van der Waals surface area contributed by atoms with E-state index in [0.29, 0.717) is 6.61 Å². The maximum atomic E-state index is 10.3. The molecular weight excluding hydrogens is 202 g/mol. The van der Waals surface area contributed by atoms with Crippen LogP contribution in [0.3, 0.4) is 0 Å². The SMILES string of the molecule is CCOC(C)(CC)C(O)c1cncc(C)c1. The van der Waals surface area contributed by atoms with Crippen LogP contribution in [-0.4, -0.2) is 22.3 Å². The average molecular weight is 223 g/mol. The molecule has 0 spiro atoms. The molecule has 1 aromatic heterocycles. The number of nitrogens with zero attached hydrogens (tertiary/aromatic N) is 1. The normalized spacial score (nSPS) is 16.8. The lowest BCUT2D eigenvalue weighted by molar-refractivity contribution is -0.113. The van der Waals surface area contributed by atoms with Crippen molar-refractivity contribution < 1.29 is 9.84 Å². The summed E-state index contributed by atoms with van der Waals surface area (Å²) in [5, 5.41) is 10.3. The van der Waals surface area contributed by atoms with Gasteiger partial charge in [0, 0.05) is 24.6 Å². The topological polar surface area (TPSA) is 42.4 Å². The smallest absolute Gasteiger partial charge is 0.109 e. The largest absolute Gasteiger partial charge is 0.385 e. The van der Waals surface area contributed by atoms with Gasteiger partial charge in [0.1, 0.15) is 6.10 Å². The number of hydrogen-bond donors (Lipinski definition) is 1. The van der Waals surface area contributed by atoms with E-state index in [2.05, 4.69) is 4.98 Å². The van der Waals surface area contributed by atoms with Crippen LogP contribution in [0.1, 0.15) is 44.4 Å². The van der Waals surface area contributed by atoms with Crippen molar-refractivity contribution in [3.05, 3.63) is 29.6 Å². The zero-order chi connectivity index (χ0) is 12.2. The van der Waals surface area contributed by atoms with E-state index >= 15 is 0 Å². The van der Waals surface area contributed by atoms with Crippen molar-refractivity contribution in [2.75, 3.05) is 6.61 Å². The zero-order valence-corrected chi connectivity index (χ0v) is 10.5. The van der Waals surface area contributed by atoms with E-state index in [1.54, 1.807) is 12.4 Å². The summed E-state index contributed by atoms with van der Waals surface area (Å²) in [6, 6.07) is 1.95. The fourth-order valence-corrected chi connectivity index (χ4v) is 1.78. The van der Waals surface area contributed by atoms with Crippen molar-refractivity contribution in [1.29, 1.82) is 0 Å². The Kier molecular flexibility index (Phi) is 4.44. The van der Waals surface area contributed by atoms with Crippen LogP contribution in [-0.2, 0) is 4.74 Å². The number of hydrogen-bond acceptors (Lipinski definition) is 3. The minimum atomic E-state index is -0.634. The molecule has 0 amide bonds. The molecule has 90 valence electrons. The van der Waals surface area contributed by atoms with E-state index in [1.807, 2.05) is 33.8 Å². The monoisotopic (exact) mass is 223 g/mol. The third-order valence-corrected chi connectivity index (χ3v) is 2.97. The fourth-order valence-electron chi connectivity index (χ4n) is 1.78. The summed E-state index contributed by atoms with van der Waals surface area (Å²) in [5.41, 5.74) is 1.33. The van der Waals surface area contributed by atoms with Crippen LogP contribution in [0.15, 0.2) is 18.5 Å². The fraction of sp³-hybridized carbons (Fsp3) is 0.615. The van der Waals surface area contributed by atoms with Crippen LogP contribution in [0.2, 0.25) is 0 Å². The van der Waals surface area contributed by atoms with E-state index in [4.69, 9.17) is 4.74 Å². The summed E-state index contributed by atoms with van der Waals surface area (Å²) in [5.74, 6) is 0. The highest BCUT2D eigenvalue weighted by Crippen LogP contribution is 2.31. The molecule has 16 heavy (non-hydrogen) atoms. The second kappa shape index (κ2) is 5.41. The number of aryl methyl sites for hydroxylation is 1. The van der Waals surface area contributed by atoms with E-state index in [1.165, 1.54) is 0 Å². The van der Waals surface area contributed by atoms with Crippen molar-refractivity contribution in [3.63, 3.8) is 0 Å². The lowest BCUT2D eigenvalue weighted by atomic mass is 9.90. The molecule has 3 nitrogen and oxygen atoms in total. The van der Waals surface area contributed by atoms with Gasteiger partial charge in [-0.1, -0.05) is 13.0 Å². The number of aliphatic hydroxyl groups excluding tert-OH is 1. The minimum Gasteiger partial charge on any atom is -0.385 e. The van der Waals surface area contributed by atoms with Gasteiger partial charge in [-0.15, -0.1) is 0 Å². The minimum absolute atomic E-state index is 0.537. The predicted octanol–water partition coefficient (Wildman–Crippen LogP) is 2.63. The number of aliphatic hydroxyl groups is 1. The Bertz CT molecular complexity index is 340. The molecule has 0 radical (unpaired) electrons. The number of aromatic nitrogens is 1. The lowest BCUT2D eigenvalue weighted by Crippen LogP contribution is -2.35. The van der Waals surface area contributed by atoms with Gasteiger partial charge in [0.2, 0.25) is 0 Å². The van der Waals surface area contributed by atoms with Crippen molar-refractivity contribution in [2.24, 2.45) is 0 Å². The van der Waals surface area contributed by atoms with Crippen molar-refractivity contribution >= 4 is 0 Å². The molecule has 0 aliphatic rings. The summed E-state index contributed by atoms with van der Waals surface area (Å²) in [4.78, 5) is 4.10. The number of ether oxygens (including phenoxy) is 1. The van der Waals surface area contributed by atoms with E-state index in [-0.39, 0.29) is 0 Å². The van der Waals surface area contributed by atoms with Gasteiger partial charge in [-0.3, -0.25) is 4.98 Å². The molecule has 0 saturated heterocycles. The van der Waals surface area contributed by atoms with E-state index < -0.39 is 11.7 Å². The highest BCUT2D eigenvalue weighted by molar-refractivity contribution is 5.21. The molecule has 1 heterocycles. The van der Waals surface area contributed by atoms with Crippen LogP contribution < -0.4 is 0 Å². The molecule has 0 aromatic carbocycles. The molecule has 2 atom stereocenters. The maximum absolute atomic E-state index is 10.3. The summed E-state index contributed by atoms with van der Waals surface area (Å²) < 4.78 is 5.66. The van der Waals surface area contributed by atoms with Crippen molar-refractivity contribution in [1.82, 2.24) is 4.98 Å². The van der Waals surface area contributed by atoms with Crippen LogP contribution in [0.25, 0.3) is 0 Å². The Balaban J connectivity index is 2.94. The molecule has 0 fully saturated rings. The third-order valence-electron chi connectivity index (χ3n) is 2.97. The molecule has 1 aromatic rings. The molecular formula is C13H21NO2. The highest BCUT2D eigenvalue weighted by atomic mass is 16.5. The summed E-state index contributed by atoms with van der Waals surface area (Å²) in [6.07, 6.45) is 3.60. The lowest BCUT2D eigenvalue weighted by Gasteiger charge is -2.33. The number of pyridine rings is 1. The second-order valence-electron chi connectivity index (χ2n) is 4.30. The predicted molar refractivity (Wildman–Crippen MR) is 64.3 cm³/mol. The van der Waals surface area contributed by atoms with Crippen LogP contribution in [0.4, 0.5) is 0 Å². The van der Waals surface area contributed by atoms with Gasteiger partial charge in [0.05, 0.1) is 5.60 Å². The Morgan fingerprint density at radius 3 is 2.62 bits per heavy atom. The second-order valence-corrected chi connectivity index (χ2v) is 4.30. The van der Waals surface area contributed by atoms with Crippen LogP contribution in [0.5, 0.6) is 0 Å². The molecule has 0 saturated carbocycles.